The third kappa shape index (κ3) is 4.19. The first-order valence-electron chi connectivity index (χ1n) is 6.50. The maximum atomic E-state index is 13.9. The summed E-state index contributed by atoms with van der Waals surface area (Å²) in [5.74, 6) is -0.246. The van der Waals surface area contributed by atoms with E-state index >= 15 is 0 Å². The first kappa shape index (κ1) is 15.8. The van der Waals surface area contributed by atoms with E-state index in [0.717, 1.165) is 17.3 Å². The molecule has 1 aromatic carbocycles. The van der Waals surface area contributed by atoms with Gasteiger partial charge in [-0.05, 0) is 43.7 Å². The topological polar surface area (TPSA) is 12.0 Å². The number of nitrogens with one attached hydrogen (secondary N) is 1. The maximum absolute atomic E-state index is 13.9. The molecule has 20 heavy (non-hydrogen) atoms. The van der Waals surface area contributed by atoms with Crippen LogP contribution >= 0.6 is 34.5 Å². The molecular weight excluding hydrogens is 316 g/mol. The van der Waals surface area contributed by atoms with E-state index in [0.29, 0.717) is 17.0 Å². The van der Waals surface area contributed by atoms with Gasteiger partial charge < -0.3 is 5.32 Å². The predicted molar refractivity (Wildman–Crippen MR) is 85.6 cm³/mol. The van der Waals surface area contributed by atoms with E-state index in [9.17, 15) is 4.39 Å². The molecule has 108 valence electrons. The van der Waals surface area contributed by atoms with E-state index in [1.54, 1.807) is 23.5 Å². The Morgan fingerprint density at radius 1 is 1.20 bits per heavy atom. The van der Waals surface area contributed by atoms with Gasteiger partial charge in [0.25, 0.3) is 0 Å². The van der Waals surface area contributed by atoms with Crippen LogP contribution in [0.15, 0.2) is 30.3 Å². The number of hydrogen-bond acceptors (Lipinski definition) is 2. The van der Waals surface area contributed by atoms with Gasteiger partial charge >= 0.3 is 0 Å². The van der Waals surface area contributed by atoms with Gasteiger partial charge in [-0.15, -0.1) is 11.3 Å². The van der Waals surface area contributed by atoms with Gasteiger partial charge in [0.15, 0.2) is 0 Å². The zero-order chi connectivity index (χ0) is 14.5. The van der Waals surface area contributed by atoms with Gasteiger partial charge in [0.1, 0.15) is 5.82 Å². The van der Waals surface area contributed by atoms with E-state index in [2.05, 4.69) is 5.32 Å². The Bertz CT molecular complexity index is 551. The average molecular weight is 332 g/mol. The van der Waals surface area contributed by atoms with Crippen LogP contribution in [0.25, 0.3) is 0 Å². The molecule has 0 radical (unpaired) electrons. The Kier molecular flexibility index (Phi) is 5.85. The van der Waals surface area contributed by atoms with Crippen molar-refractivity contribution in [2.24, 2.45) is 0 Å². The Labute approximate surface area is 132 Å². The van der Waals surface area contributed by atoms with Gasteiger partial charge in [-0.25, -0.2) is 4.39 Å². The summed E-state index contributed by atoms with van der Waals surface area (Å²) in [5, 5.41) is 3.86. The average Bonchev–Trinajstić information content (AvgIpc) is 2.80. The molecule has 2 rings (SSSR count). The monoisotopic (exact) mass is 331 g/mol. The summed E-state index contributed by atoms with van der Waals surface area (Å²) in [6.07, 6.45) is 1.38. The molecule has 1 nitrogen and oxygen atoms in total. The van der Waals surface area contributed by atoms with Crippen LogP contribution in [0.4, 0.5) is 4.39 Å². The number of hydrogen-bond donors (Lipinski definition) is 1. The van der Waals surface area contributed by atoms with Crippen LogP contribution in [-0.2, 0) is 12.8 Å². The molecule has 0 spiro atoms. The lowest BCUT2D eigenvalue weighted by Gasteiger charge is -2.18. The van der Waals surface area contributed by atoms with E-state index < -0.39 is 0 Å². The number of halogens is 3. The standard InChI is InChI=1S/C15H16Cl2FNS/c1-2-19-10(8-11-6-7-15(17)20-11)9-12-13(16)4-3-5-14(12)18/h3-7,10,19H,2,8-9H2,1H3. The maximum Gasteiger partial charge on any atom is 0.127 e. The quantitative estimate of drug-likeness (QED) is 0.789. The van der Waals surface area contributed by atoms with E-state index in [4.69, 9.17) is 23.2 Å². The molecule has 0 saturated carbocycles. The molecular formula is C15H16Cl2FNS. The summed E-state index contributed by atoms with van der Waals surface area (Å²) in [5.41, 5.74) is 0.572. The zero-order valence-corrected chi connectivity index (χ0v) is 13.5. The summed E-state index contributed by atoms with van der Waals surface area (Å²) >= 11 is 13.6. The molecule has 1 heterocycles. The molecule has 0 saturated heterocycles. The second kappa shape index (κ2) is 7.41. The fraction of sp³-hybridized carbons (Fsp3) is 0.333. The highest BCUT2D eigenvalue weighted by Gasteiger charge is 2.15. The van der Waals surface area contributed by atoms with Gasteiger partial charge in [-0.3, -0.25) is 0 Å². The summed E-state index contributed by atoms with van der Waals surface area (Å²) in [6.45, 7) is 2.87. The molecule has 0 aliphatic carbocycles. The number of likely N-dealkylation sites (N-methyl/N-ethyl adjacent to an activating group) is 1. The lowest BCUT2D eigenvalue weighted by Crippen LogP contribution is -2.33. The third-order valence-electron chi connectivity index (χ3n) is 3.08. The van der Waals surface area contributed by atoms with Crippen molar-refractivity contribution in [2.75, 3.05) is 6.54 Å². The lowest BCUT2D eigenvalue weighted by atomic mass is 10.0. The van der Waals surface area contributed by atoms with E-state index in [1.165, 1.54) is 10.9 Å². The minimum atomic E-state index is -0.246. The van der Waals surface area contributed by atoms with Gasteiger partial charge in [-0.2, -0.15) is 0 Å². The number of benzene rings is 1. The minimum Gasteiger partial charge on any atom is -0.314 e. The number of rotatable bonds is 6. The van der Waals surface area contributed by atoms with Crippen molar-refractivity contribution < 1.29 is 4.39 Å². The van der Waals surface area contributed by atoms with Gasteiger partial charge in [0.2, 0.25) is 0 Å². The molecule has 1 aromatic heterocycles. The highest BCUT2D eigenvalue weighted by atomic mass is 35.5. The Morgan fingerprint density at radius 3 is 2.60 bits per heavy atom. The van der Waals surface area contributed by atoms with E-state index in [-0.39, 0.29) is 11.9 Å². The van der Waals surface area contributed by atoms with Crippen LogP contribution in [0.3, 0.4) is 0 Å². The Hall–Kier alpha value is -0.610. The minimum absolute atomic E-state index is 0.143. The second-order valence-corrected chi connectivity index (χ2v) is 6.78. The van der Waals surface area contributed by atoms with Crippen molar-refractivity contribution in [2.45, 2.75) is 25.8 Å². The smallest absolute Gasteiger partial charge is 0.127 e. The van der Waals surface area contributed by atoms with Crippen LogP contribution in [0.5, 0.6) is 0 Å². The highest BCUT2D eigenvalue weighted by molar-refractivity contribution is 7.16. The lowest BCUT2D eigenvalue weighted by molar-refractivity contribution is 0.508. The van der Waals surface area contributed by atoms with Crippen molar-refractivity contribution in [1.82, 2.24) is 5.32 Å². The predicted octanol–water partition coefficient (Wildman–Crippen LogP) is 4.96. The van der Waals surface area contributed by atoms with Crippen LogP contribution in [-0.4, -0.2) is 12.6 Å². The molecule has 0 aliphatic rings. The third-order valence-corrected chi connectivity index (χ3v) is 4.69. The summed E-state index contributed by atoms with van der Waals surface area (Å²) in [4.78, 5) is 1.19. The molecule has 1 N–H and O–H groups in total. The fourth-order valence-electron chi connectivity index (χ4n) is 2.18. The number of thiophene rings is 1. The summed E-state index contributed by atoms with van der Waals surface area (Å²) in [7, 11) is 0. The largest absolute Gasteiger partial charge is 0.314 e. The first-order valence-corrected chi connectivity index (χ1v) is 8.08. The van der Waals surface area contributed by atoms with Crippen LogP contribution in [0, 0.1) is 5.82 Å². The highest BCUT2D eigenvalue weighted by Crippen LogP contribution is 2.25. The molecule has 0 aliphatic heterocycles. The van der Waals surface area contributed by atoms with Gasteiger partial charge in [0.05, 0.1) is 4.34 Å². The van der Waals surface area contributed by atoms with Crippen molar-refractivity contribution in [3.8, 4) is 0 Å². The first-order chi connectivity index (χ1) is 9.60. The van der Waals surface area contributed by atoms with Crippen molar-refractivity contribution in [3.63, 3.8) is 0 Å². The molecule has 0 fully saturated rings. The molecule has 1 unspecified atom stereocenters. The van der Waals surface area contributed by atoms with Crippen LogP contribution in [0.2, 0.25) is 9.36 Å². The van der Waals surface area contributed by atoms with Crippen molar-refractivity contribution >= 4 is 34.5 Å². The van der Waals surface area contributed by atoms with Crippen LogP contribution in [0.1, 0.15) is 17.4 Å². The fourth-order valence-corrected chi connectivity index (χ4v) is 3.59. The van der Waals surface area contributed by atoms with Crippen molar-refractivity contribution in [1.29, 1.82) is 0 Å². The van der Waals surface area contributed by atoms with Crippen LogP contribution < -0.4 is 5.32 Å². The molecule has 0 amide bonds. The van der Waals surface area contributed by atoms with E-state index in [1.807, 2.05) is 19.1 Å². The molecule has 1 atom stereocenters. The molecule has 0 bridgehead atoms. The normalized spacial score (nSPS) is 12.6. The second-order valence-electron chi connectivity index (χ2n) is 4.57. The summed E-state index contributed by atoms with van der Waals surface area (Å²) < 4.78 is 14.6. The van der Waals surface area contributed by atoms with Gasteiger partial charge in [0, 0.05) is 21.5 Å². The molecule has 2 aromatic rings. The van der Waals surface area contributed by atoms with Crippen molar-refractivity contribution in [3.05, 3.63) is 55.9 Å². The molecule has 5 heteroatoms. The van der Waals surface area contributed by atoms with Gasteiger partial charge in [-0.1, -0.05) is 36.2 Å². The Morgan fingerprint density at radius 2 is 2.00 bits per heavy atom. The Balaban J connectivity index is 2.13. The SMILES string of the molecule is CCNC(Cc1ccc(Cl)s1)Cc1c(F)cccc1Cl. The zero-order valence-electron chi connectivity index (χ0n) is 11.1. The summed E-state index contributed by atoms with van der Waals surface area (Å²) in [6, 6.07) is 8.85.